The summed E-state index contributed by atoms with van der Waals surface area (Å²) in [6, 6.07) is 16.0. The van der Waals surface area contributed by atoms with E-state index in [4.69, 9.17) is 14.2 Å². The highest BCUT2D eigenvalue weighted by atomic mass is 32.1. The average Bonchev–Trinajstić information content (AvgIpc) is 3.56. The summed E-state index contributed by atoms with van der Waals surface area (Å²) in [4.78, 5) is 33.2. The molecule has 3 aromatic rings. The van der Waals surface area contributed by atoms with E-state index < -0.39 is 11.7 Å². The van der Waals surface area contributed by atoms with Crippen LogP contribution in [0.15, 0.2) is 48.5 Å². The molecular formula is C27H32N4O5S. The van der Waals surface area contributed by atoms with Crippen LogP contribution in [0.1, 0.15) is 27.2 Å². The van der Waals surface area contributed by atoms with Crippen molar-refractivity contribution in [1.29, 1.82) is 0 Å². The highest BCUT2D eigenvalue weighted by Gasteiger charge is 2.44. The Labute approximate surface area is 220 Å². The van der Waals surface area contributed by atoms with Gasteiger partial charge in [0.2, 0.25) is 5.91 Å². The monoisotopic (exact) mass is 524 g/mol. The molecule has 2 amide bonds. The molecule has 2 aromatic carbocycles. The van der Waals surface area contributed by atoms with Gasteiger partial charge in [-0.25, -0.2) is 9.78 Å². The standard InChI is InChI=1S/C27H32N4O5S/c1-27(2,3)36-25(33)28-15-24(32)31-17-18-14-19(31)16-30(18)12-13-34-20-8-10-21(11-9-20)35-26-29-22-6-4-5-7-23(22)37-26/h4-11,18-19H,12-17H2,1-3H3,(H,28,33). The predicted octanol–water partition coefficient (Wildman–Crippen LogP) is 4.28. The summed E-state index contributed by atoms with van der Waals surface area (Å²) in [6.45, 7) is 8.19. The number of piperazine rings is 1. The SMILES string of the molecule is CC(C)(C)OC(=O)NCC(=O)N1CC2CC1CN2CCOc1ccc(Oc2nc3ccccc3s2)cc1. The molecule has 3 heterocycles. The van der Waals surface area contributed by atoms with Gasteiger partial charge in [-0.15, -0.1) is 0 Å². The molecule has 0 aliphatic carbocycles. The number of carbonyl (C=O) groups excluding carboxylic acids is 2. The van der Waals surface area contributed by atoms with Crippen molar-refractivity contribution < 1.29 is 23.8 Å². The molecule has 2 atom stereocenters. The van der Waals surface area contributed by atoms with Crippen molar-refractivity contribution in [3.05, 3.63) is 48.5 Å². The van der Waals surface area contributed by atoms with Crippen LogP contribution >= 0.6 is 11.3 Å². The number of nitrogens with one attached hydrogen (secondary N) is 1. The molecule has 2 aliphatic rings. The molecular weight excluding hydrogens is 492 g/mol. The first-order valence-corrected chi connectivity index (χ1v) is 13.3. The van der Waals surface area contributed by atoms with Crippen LogP contribution in [0.25, 0.3) is 10.2 Å². The molecule has 0 spiro atoms. The van der Waals surface area contributed by atoms with Crippen LogP contribution in [0.5, 0.6) is 16.7 Å². The van der Waals surface area contributed by atoms with Gasteiger partial charge in [0.05, 0.1) is 10.2 Å². The van der Waals surface area contributed by atoms with Gasteiger partial charge in [-0.1, -0.05) is 23.5 Å². The number of likely N-dealkylation sites (tertiary alicyclic amines) is 2. The Hall–Kier alpha value is -3.37. The lowest BCUT2D eigenvalue weighted by atomic mass is 10.2. The van der Waals surface area contributed by atoms with E-state index in [0.29, 0.717) is 30.1 Å². The minimum absolute atomic E-state index is 0.0417. The van der Waals surface area contributed by atoms with E-state index in [0.717, 1.165) is 35.5 Å². The third kappa shape index (κ3) is 6.31. The fraction of sp³-hybridized carbons (Fsp3) is 0.444. The highest BCUT2D eigenvalue weighted by Crippen LogP contribution is 2.32. The van der Waals surface area contributed by atoms with Gasteiger partial charge < -0.3 is 24.4 Å². The summed E-state index contributed by atoms with van der Waals surface area (Å²) < 4.78 is 18.2. The van der Waals surface area contributed by atoms with Crippen LogP contribution in [-0.2, 0) is 9.53 Å². The van der Waals surface area contributed by atoms with E-state index in [-0.39, 0.29) is 18.5 Å². The second kappa shape index (κ2) is 10.5. The van der Waals surface area contributed by atoms with Crippen molar-refractivity contribution in [3.63, 3.8) is 0 Å². The van der Waals surface area contributed by atoms with Crippen LogP contribution in [0.2, 0.25) is 0 Å². The number of hydrogen-bond donors (Lipinski definition) is 1. The number of amides is 2. The van der Waals surface area contributed by atoms with Crippen LogP contribution in [0, 0.1) is 0 Å². The number of carbonyl (C=O) groups is 2. The Balaban J connectivity index is 1.03. The molecule has 1 aromatic heterocycles. The molecule has 196 valence electrons. The fourth-order valence-corrected chi connectivity index (χ4v) is 5.61. The smallest absolute Gasteiger partial charge is 0.408 e. The zero-order valence-corrected chi connectivity index (χ0v) is 22.1. The second-order valence-corrected chi connectivity index (χ2v) is 11.3. The van der Waals surface area contributed by atoms with Gasteiger partial charge in [-0.2, -0.15) is 0 Å². The van der Waals surface area contributed by atoms with Crippen LogP contribution in [0.4, 0.5) is 4.79 Å². The molecule has 1 N–H and O–H groups in total. The zero-order chi connectivity index (χ0) is 26.0. The Morgan fingerprint density at radius 1 is 1.05 bits per heavy atom. The molecule has 0 saturated carbocycles. The molecule has 2 fully saturated rings. The third-order valence-electron chi connectivity index (χ3n) is 6.41. The Kier molecular flexibility index (Phi) is 7.21. The van der Waals surface area contributed by atoms with Gasteiger partial charge in [-0.05, 0) is 63.6 Å². The number of fused-ring (bicyclic) bond motifs is 3. The van der Waals surface area contributed by atoms with Crippen LogP contribution < -0.4 is 14.8 Å². The number of aromatic nitrogens is 1. The van der Waals surface area contributed by atoms with E-state index in [1.54, 1.807) is 20.8 Å². The van der Waals surface area contributed by atoms with Crippen molar-refractivity contribution in [3.8, 4) is 16.7 Å². The molecule has 0 radical (unpaired) electrons. The summed E-state index contributed by atoms with van der Waals surface area (Å²) in [5.41, 5.74) is 0.345. The first-order valence-electron chi connectivity index (χ1n) is 12.5. The summed E-state index contributed by atoms with van der Waals surface area (Å²) in [6.07, 6.45) is 0.385. The summed E-state index contributed by atoms with van der Waals surface area (Å²) in [7, 11) is 0. The van der Waals surface area contributed by atoms with Gasteiger partial charge in [0.15, 0.2) is 0 Å². The molecule has 2 bridgehead atoms. The molecule has 37 heavy (non-hydrogen) atoms. The number of rotatable bonds is 8. The number of thiazole rings is 1. The van der Waals surface area contributed by atoms with E-state index in [1.807, 2.05) is 53.4 Å². The van der Waals surface area contributed by atoms with E-state index >= 15 is 0 Å². The van der Waals surface area contributed by atoms with Crippen LogP contribution in [0.3, 0.4) is 0 Å². The first-order chi connectivity index (χ1) is 17.7. The second-order valence-electron chi connectivity index (χ2n) is 10.3. The Bertz CT molecular complexity index is 1220. The molecule has 10 heteroatoms. The van der Waals surface area contributed by atoms with Gasteiger partial charge in [0, 0.05) is 31.7 Å². The molecule has 2 aliphatic heterocycles. The first kappa shape index (κ1) is 25.3. The number of nitrogens with zero attached hydrogens (tertiary/aromatic N) is 3. The lowest BCUT2D eigenvalue weighted by molar-refractivity contribution is -0.132. The maximum Gasteiger partial charge on any atom is 0.408 e. The summed E-state index contributed by atoms with van der Waals surface area (Å²) >= 11 is 1.52. The third-order valence-corrected chi connectivity index (χ3v) is 7.32. The highest BCUT2D eigenvalue weighted by molar-refractivity contribution is 7.20. The van der Waals surface area contributed by atoms with Gasteiger partial charge in [0.25, 0.3) is 5.19 Å². The van der Waals surface area contributed by atoms with Gasteiger partial charge in [0.1, 0.15) is 30.3 Å². The average molecular weight is 525 g/mol. The number of ether oxygens (including phenoxy) is 3. The summed E-state index contributed by atoms with van der Waals surface area (Å²) in [5, 5.41) is 3.18. The molecule has 2 unspecified atom stereocenters. The minimum atomic E-state index is -0.588. The fourth-order valence-electron chi connectivity index (χ4n) is 4.77. The summed E-state index contributed by atoms with van der Waals surface area (Å²) in [5.74, 6) is 1.43. The van der Waals surface area contributed by atoms with Crippen LogP contribution in [-0.4, -0.2) is 77.3 Å². The lowest BCUT2D eigenvalue weighted by Crippen LogP contribution is -2.52. The van der Waals surface area contributed by atoms with E-state index in [1.165, 1.54) is 11.3 Å². The number of alkyl carbamates (subject to hydrolysis) is 1. The predicted molar refractivity (Wildman–Crippen MR) is 141 cm³/mol. The van der Waals surface area contributed by atoms with Crippen molar-refractivity contribution in [2.24, 2.45) is 0 Å². The van der Waals surface area contributed by atoms with Crippen molar-refractivity contribution in [2.75, 3.05) is 32.8 Å². The zero-order valence-electron chi connectivity index (χ0n) is 21.3. The Morgan fingerprint density at radius 2 is 1.81 bits per heavy atom. The molecule has 2 saturated heterocycles. The minimum Gasteiger partial charge on any atom is -0.492 e. The largest absolute Gasteiger partial charge is 0.492 e. The van der Waals surface area contributed by atoms with Crippen molar-refractivity contribution in [1.82, 2.24) is 20.1 Å². The number of para-hydroxylation sites is 1. The van der Waals surface area contributed by atoms with Gasteiger partial charge >= 0.3 is 6.09 Å². The Morgan fingerprint density at radius 3 is 2.51 bits per heavy atom. The quantitative estimate of drug-likeness (QED) is 0.470. The number of hydrogen-bond acceptors (Lipinski definition) is 8. The lowest BCUT2D eigenvalue weighted by Gasteiger charge is -2.34. The van der Waals surface area contributed by atoms with E-state index in [9.17, 15) is 9.59 Å². The van der Waals surface area contributed by atoms with E-state index in [2.05, 4.69) is 15.2 Å². The maximum atomic E-state index is 12.6. The van der Waals surface area contributed by atoms with Crippen molar-refractivity contribution >= 4 is 33.6 Å². The maximum absolute atomic E-state index is 12.6. The normalized spacial score (nSPS) is 19.3. The van der Waals surface area contributed by atoms with Gasteiger partial charge in [-0.3, -0.25) is 9.69 Å². The number of benzene rings is 2. The molecule has 5 rings (SSSR count). The van der Waals surface area contributed by atoms with Crippen molar-refractivity contribution in [2.45, 2.75) is 44.9 Å². The molecule has 9 nitrogen and oxygen atoms in total. The topological polar surface area (TPSA) is 93.2 Å².